The molecule has 1 rings (SSSR count). The zero-order valence-corrected chi connectivity index (χ0v) is 9.21. The van der Waals surface area contributed by atoms with Crippen molar-refractivity contribution in [1.82, 2.24) is 5.32 Å². The zero-order chi connectivity index (χ0) is 10.4. The van der Waals surface area contributed by atoms with Crippen molar-refractivity contribution in [3.05, 3.63) is 12.7 Å². The third-order valence-corrected chi connectivity index (χ3v) is 3.20. The molecule has 0 aromatic rings. The first-order valence-corrected chi connectivity index (χ1v) is 5.75. The van der Waals surface area contributed by atoms with Crippen molar-refractivity contribution >= 4 is 0 Å². The molecule has 1 aliphatic rings. The van der Waals surface area contributed by atoms with Crippen LogP contribution in [0.4, 0.5) is 0 Å². The number of nitrogens with one attached hydrogen (secondary N) is 1. The molecule has 0 aromatic carbocycles. The van der Waals surface area contributed by atoms with Crippen LogP contribution in [0.15, 0.2) is 12.7 Å². The van der Waals surface area contributed by atoms with Gasteiger partial charge in [0, 0.05) is 18.7 Å². The lowest BCUT2D eigenvalue weighted by Gasteiger charge is -2.23. The van der Waals surface area contributed by atoms with Crippen molar-refractivity contribution in [2.24, 2.45) is 5.92 Å². The molecule has 0 heterocycles. The smallest absolute Gasteiger partial charge is 0.0474 e. The van der Waals surface area contributed by atoms with E-state index < -0.39 is 0 Å². The summed E-state index contributed by atoms with van der Waals surface area (Å²) in [4.78, 5) is 0. The van der Waals surface area contributed by atoms with Crippen LogP contribution in [0, 0.1) is 5.92 Å². The van der Waals surface area contributed by atoms with Gasteiger partial charge in [-0.15, -0.1) is 6.58 Å². The Balaban J connectivity index is 2.24. The molecule has 3 unspecified atom stereocenters. The summed E-state index contributed by atoms with van der Waals surface area (Å²) in [5, 5.41) is 12.8. The van der Waals surface area contributed by atoms with Gasteiger partial charge in [-0.05, 0) is 38.5 Å². The minimum absolute atomic E-state index is 0.339. The van der Waals surface area contributed by atoms with Crippen molar-refractivity contribution in [2.75, 3.05) is 6.61 Å². The van der Waals surface area contributed by atoms with Crippen LogP contribution in [-0.2, 0) is 0 Å². The van der Waals surface area contributed by atoms with Crippen LogP contribution < -0.4 is 5.32 Å². The van der Waals surface area contributed by atoms with E-state index in [1.807, 2.05) is 6.08 Å². The van der Waals surface area contributed by atoms with Crippen LogP contribution >= 0.6 is 0 Å². The highest BCUT2D eigenvalue weighted by molar-refractivity contribution is 4.85. The van der Waals surface area contributed by atoms with E-state index in [1.54, 1.807) is 0 Å². The lowest BCUT2D eigenvalue weighted by Crippen LogP contribution is -2.39. The van der Waals surface area contributed by atoms with Gasteiger partial charge >= 0.3 is 0 Å². The molecule has 82 valence electrons. The molecule has 1 saturated carbocycles. The Morgan fingerprint density at radius 1 is 1.57 bits per heavy atom. The SMILES string of the molecule is C=CCCC(C)NC1CCCC1CO. The van der Waals surface area contributed by atoms with Gasteiger partial charge in [0.2, 0.25) is 0 Å². The van der Waals surface area contributed by atoms with Gasteiger partial charge in [0.1, 0.15) is 0 Å². The second-order valence-electron chi connectivity index (χ2n) is 4.41. The Hall–Kier alpha value is -0.340. The van der Waals surface area contributed by atoms with Crippen molar-refractivity contribution in [3.63, 3.8) is 0 Å². The number of rotatable bonds is 6. The second kappa shape index (κ2) is 6.20. The molecule has 14 heavy (non-hydrogen) atoms. The van der Waals surface area contributed by atoms with E-state index >= 15 is 0 Å². The molecule has 0 aliphatic heterocycles. The minimum atomic E-state index is 0.339. The van der Waals surface area contributed by atoms with Crippen molar-refractivity contribution in [2.45, 2.75) is 51.1 Å². The quantitative estimate of drug-likeness (QED) is 0.639. The van der Waals surface area contributed by atoms with Crippen molar-refractivity contribution in [1.29, 1.82) is 0 Å². The van der Waals surface area contributed by atoms with E-state index in [9.17, 15) is 0 Å². The molecule has 0 radical (unpaired) electrons. The Labute approximate surface area is 87.4 Å². The number of aliphatic hydroxyl groups excluding tert-OH is 1. The normalized spacial score (nSPS) is 29.0. The van der Waals surface area contributed by atoms with Crippen molar-refractivity contribution in [3.8, 4) is 0 Å². The van der Waals surface area contributed by atoms with E-state index in [0.29, 0.717) is 24.6 Å². The first kappa shape index (κ1) is 11.7. The van der Waals surface area contributed by atoms with Gasteiger partial charge in [-0.2, -0.15) is 0 Å². The van der Waals surface area contributed by atoms with Gasteiger partial charge in [-0.25, -0.2) is 0 Å². The summed E-state index contributed by atoms with van der Waals surface area (Å²) in [6.45, 7) is 6.29. The average Bonchev–Trinajstić information content (AvgIpc) is 2.62. The molecule has 2 heteroatoms. The molecule has 0 saturated heterocycles. The second-order valence-corrected chi connectivity index (χ2v) is 4.41. The molecule has 3 atom stereocenters. The molecule has 1 fully saturated rings. The first-order chi connectivity index (χ1) is 6.77. The van der Waals surface area contributed by atoms with Gasteiger partial charge in [0.25, 0.3) is 0 Å². The van der Waals surface area contributed by atoms with Gasteiger partial charge in [0.15, 0.2) is 0 Å². The fourth-order valence-electron chi connectivity index (χ4n) is 2.29. The predicted octanol–water partition coefficient (Wildman–Crippen LogP) is 2.09. The van der Waals surface area contributed by atoms with Crippen LogP contribution in [0.5, 0.6) is 0 Å². The van der Waals surface area contributed by atoms with Gasteiger partial charge in [-0.3, -0.25) is 0 Å². The minimum Gasteiger partial charge on any atom is -0.396 e. The third-order valence-electron chi connectivity index (χ3n) is 3.20. The van der Waals surface area contributed by atoms with E-state index in [-0.39, 0.29) is 0 Å². The summed E-state index contributed by atoms with van der Waals surface area (Å²) in [6.07, 6.45) is 7.86. The van der Waals surface area contributed by atoms with Gasteiger partial charge in [0.05, 0.1) is 0 Å². The number of hydrogen-bond donors (Lipinski definition) is 2. The number of aliphatic hydroxyl groups is 1. The molecule has 0 spiro atoms. The van der Waals surface area contributed by atoms with Crippen LogP contribution in [0.25, 0.3) is 0 Å². The Morgan fingerprint density at radius 3 is 3.00 bits per heavy atom. The summed E-state index contributed by atoms with van der Waals surface area (Å²) < 4.78 is 0. The fraction of sp³-hybridized carbons (Fsp3) is 0.833. The molecule has 2 nitrogen and oxygen atoms in total. The lowest BCUT2D eigenvalue weighted by atomic mass is 10.0. The zero-order valence-electron chi connectivity index (χ0n) is 9.21. The standard InChI is InChI=1S/C12H23NO/c1-3-4-6-10(2)13-12-8-5-7-11(12)9-14/h3,10-14H,1,4-9H2,2H3. The molecule has 2 N–H and O–H groups in total. The fourth-order valence-corrected chi connectivity index (χ4v) is 2.29. The first-order valence-electron chi connectivity index (χ1n) is 5.75. The average molecular weight is 197 g/mol. The topological polar surface area (TPSA) is 32.3 Å². The maximum atomic E-state index is 9.17. The number of hydrogen-bond acceptors (Lipinski definition) is 2. The highest BCUT2D eigenvalue weighted by atomic mass is 16.3. The Bertz CT molecular complexity index is 170. The molecular formula is C12H23NO. The monoisotopic (exact) mass is 197 g/mol. The van der Waals surface area contributed by atoms with Gasteiger partial charge in [-0.1, -0.05) is 12.5 Å². The Kier molecular flexibility index (Phi) is 5.20. The number of allylic oxidation sites excluding steroid dienone is 1. The van der Waals surface area contributed by atoms with E-state index in [2.05, 4.69) is 18.8 Å². The molecule has 0 bridgehead atoms. The highest BCUT2D eigenvalue weighted by Gasteiger charge is 2.26. The van der Waals surface area contributed by atoms with E-state index in [0.717, 1.165) is 12.8 Å². The molecule has 0 aromatic heterocycles. The summed E-state index contributed by atoms with van der Waals surface area (Å²) in [7, 11) is 0. The molecule has 0 amide bonds. The van der Waals surface area contributed by atoms with Crippen LogP contribution in [0.2, 0.25) is 0 Å². The van der Waals surface area contributed by atoms with Crippen molar-refractivity contribution < 1.29 is 5.11 Å². The lowest BCUT2D eigenvalue weighted by molar-refractivity contribution is 0.199. The van der Waals surface area contributed by atoms with Crippen LogP contribution in [-0.4, -0.2) is 23.8 Å². The van der Waals surface area contributed by atoms with E-state index in [1.165, 1.54) is 19.3 Å². The summed E-state index contributed by atoms with van der Waals surface area (Å²) in [6, 6.07) is 1.09. The molecular weight excluding hydrogens is 174 g/mol. The maximum absolute atomic E-state index is 9.17. The molecule has 1 aliphatic carbocycles. The third kappa shape index (κ3) is 3.43. The van der Waals surface area contributed by atoms with Gasteiger partial charge < -0.3 is 10.4 Å². The predicted molar refractivity (Wildman–Crippen MR) is 60.2 cm³/mol. The highest BCUT2D eigenvalue weighted by Crippen LogP contribution is 2.25. The summed E-state index contributed by atoms with van der Waals surface area (Å²) in [5.41, 5.74) is 0. The summed E-state index contributed by atoms with van der Waals surface area (Å²) >= 11 is 0. The van der Waals surface area contributed by atoms with Crippen LogP contribution in [0.1, 0.15) is 39.0 Å². The van der Waals surface area contributed by atoms with Crippen LogP contribution in [0.3, 0.4) is 0 Å². The maximum Gasteiger partial charge on any atom is 0.0474 e. The summed E-state index contributed by atoms with van der Waals surface area (Å²) in [5.74, 6) is 0.487. The Morgan fingerprint density at radius 2 is 2.36 bits per heavy atom. The largest absolute Gasteiger partial charge is 0.396 e. The van der Waals surface area contributed by atoms with E-state index in [4.69, 9.17) is 5.11 Å².